The zero-order valence-electron chi connectivity index (χ0n) is 11.2. The van der Waals surface area contributed by atoms with Gasteiger partial charge in [0.1, 0.15) is 0 Å². The molecule has 0 aliphatic carbocycles. The number of hydrogen-bond donors (Lipinski definition) is 0. The van der Waals surface area contributed by atoms with Gasteiger partial charge in [-0.1, -0.05) is 0 Å². The van der Waals surface area contributed by atoms with E-state index >= 15 is 0 Å². The molecule has 2 fully saturated rings. The highest BCUT2D eigenvalue weighted by Gasteiger charge is 2.35. The van der Waals surface area contributed by atoms with Gasteiger partial charge in [-0.25, -0.2) is 0 Å². The molecule has 0 N–H and O–H groups in total. The van der Waals surface area contributed by atoms with Gasteiger partial charge in [0.2, 0.25) is 5.91 Å². The second-order valence-corrected chi connectivity index (χ2v) is 5.44. The van der Waals surface area contributed by atoms with Crippen molar-refractivity contribution < 1.29 is 9.59 Å². The lowest BCUT2D eigenvalue weighted by molar-refractivity contribution is -0.130. The third-order valence-corrected chi connectivity index (χ3v) is 4.18. The normalized spacial score (nSPS) is 23.7. The quantitative estimate of drug-likeness (QED) is 0.745. The number of hydrogen-bond acceptors (Lipinski definition) is 3. The highest BCUT2D eigenvalue weighted by Crippen LogP contribution is 2.22. The maximum atomic E-state index is 12.2. The number of rotatable bonds is 3. The molecule has 3 heterocycles. The van der Waals surface area contributed by atoms with E-state index < -0.39 is 0 Å². The molecule has 5 heteroatoms. The molecule has 3 rings (SSSR count). The van der Waals surface area contributed by atoms with E-state index in [9.17, 15) is 9.59 Å². The average Bonchev–Trinajstić information content (AvgIpc) is 2.96. The lowest BCUT2D eigenvalue weighted by Crippen LogP contribution is -2.52. The van der Waals surface area contributed by atoms with Crippen molar-refractivity contribution in [3.05, 3.63) is 24.0 Å². The molecule has 2 saturated heterocycles. The van der Waals surface area contributed by atoms with E-state index in [1.807, 2.05) is 34.8 Å². The van der Waals surface area contributed by atoms with Crippen molar-refractivity contribution in [2.24, 2.45) is 7.05 Å². The molecule has 5 nitrogen and oxygen atoms in total. The summed E-state index contributed by atoms with van der Waals surface area (Å²) >= 11 is 0. The molecular formula is C14H19N3O2. The second-order valence-electron chi connectivity index (χ2n) is 5.44. The predicted octanol–water partition coefficient (Wildman–Crippen LogP) is 0.514. The smallest absolute Gasteiger partial charge is 0.222 e. The first-order chi connectivity index (χ1) is 9.15. The molecule has 1 aromatic rings. The minimum atomic E-state index is 0.158. The largest absolute Gasteiger partial charge is 0.348 e. The average molecular weight is 261 g/mol. The minimum Gasteiger partial charge on any atom is -0.348 e. The number of amides is 1. The zero-order valence-corrected chi connectivity index (χ0v) is 11.2. The molecule has 2 aliphatic heterocycles. The molecule has 0 saturated carbocycles. The summed E-state index contributed by atoms with van der Waals surface area (Å²) < 4.78 is 1.86. The molecule has 2 aliphatic rings. The van der Waals surface area contributed by atoms with Crippen LogP contribution in [0.25, 0.3) is 0 Å². The number of fused-ring (bicyclic) bond motifs is 1. The Labute approximate surface area is 112 Å². The summed E-state index contributed by atoms with van der Waals surface area (Å²) in [7, 11) is 1.89. The Hall–Kier alpha value is -1.62. The molecule has 0 aromatic carbocycles. The minimum absolute atomic E-state index is 0.158. The number of piperazine rings is 1. The van der Waals surface area contributed by atoms with Crippen LogP contribution in [0.5, 0.6) is 0 Å². The van der Waals surface area contributed by atoms with Crippen LogP contribution in [0.2, 0.25) is 0 Å². The SMILES string of the molecule is Cn1cccc1C(=O)CN1CCN2C(=O)CCC2C1. The summed E-state index contributed by atoms with van der Waals surface area (Å²) in [5.74, 6) is 0.434. The van der Waals surface area contributed by atoms with E-state index in [0.717, 1.165) is 31.7 Å². The molecule has 0 bridgehead atoms. The molecule has 0 spiro atoms. The Balaban J connectivity index is 1.61. The van der Waals surface area contributed by atoms with Crippen LogP contribution >= 0.6 is 0 Å². The first kappa shape index (κ1) is 12.4. The van der Waals surface area contributed by atoms with Crippen LogP contribution in [0.15, 0.2) is 18.3 Å². The Morgan fingerprint density at radius 2 is 2.26 bits per heavy atom. The lowest BCUT2D eigenvalue weighted by atomic mass is 10.1. The van der Waals surface area contributed by atoms with Crippen molar-refractivity contribution in [3.8, 4) is 0 Å². The van der Waals surface area contributed by atoms with Gasteiger partial charge in [-0.3, -0.25) is 14.5 Å². The fourth-order valence-electron chi connectivity index (χ4n) is 3.11. The Kier molecular flexibility index (Phi) is 3.14. The number of aryl methyl sites for hydroxylation is 1. The maximum Gasteiger partial charge on any atom is 0.222 e. The third-order valence-electron chi connectivity index (χ3n) is 4.18. The van der Waals surface area contributed by atoms with Crippen LogP contribution in [-0.4, -0.2) is 58.3 Å². The molecule has 0 radical (unpaired) electrons. The summed E-state index contributed by atoms with van der Waals surface area (Å²) in [6.45, 7) is 2.86. The van der Waals surface area contributed by atoms with Crippen LogP contribution in [0.1, 0.15) is 23.3 Å². The second kappa shape index (κ2) is 4.81. The van der Waals surface area contributed by atoms with E-state index in [2.05, 4.69) is 4.90 Å². The number of nitrogens with zero attached hydrogens (tertiary/aromatic N) is 3. The third kappa shape index (κ3) is 2.30. The van der Waals surface area contributed by atoms with Gasteiger partial charge < -0.3 is 9.47 Å². The van der Waals surface area contributed by atoms with Gasteiger partial charge in [-0.15, -0.1) is 0 Å². The monoisotopic (exact) mass is 261 g/mol. The molecular weight excluding hydrogens is 242 g/mol. The molecule has 102 valence electrons. The van der Waals surface area contributed by atoms with Crippen LogP contribution in [0.3, 0.4) is 0 Å². The van der Waals surface area contributed by atoms with E-state index in [1.165, 1.54) is 0 Å². The Bertz CT molecular complexity index is 509. The van der Waals surface area contributed by atoms with Gasteiger partial charge in [-0.2, -0.15) is 0 Å². The van der Waals surface area contributed by atoms with E-state index in [1.54, 1.807) is 0 Å². The highest BCUT2D eigenvalue weighted by molar-refractivity contribution is 5.96. The van der Waals surface area contributed by atoms with Gasteiger partial charge in [0.25, 0.3) is 0 Å². The number of Topliss-reactive ketones (excluding diaryl/α,β-unsaturated/α-hetero) is 1. The van der Waals surface area contributed by atoms with Gasteiger partial charge in [-0.05, 0) is 18.6 Å². The highest BCUT2D eigenvalue weighted by atomic mass is 16.2. The fraction of sp³-hybridized carbons (Fsp3) is 0.571. The number of ketones is 1. The Morgan fingerprint density at radius 3 is 3.00 bits per heavy atom. The van der Waals surface area contributed by atoms with Gasteiger partial charge in [0.05, 0.1) is 12.2 Å². The first-order valence-corrected chi connectivity index (χ1v) is 6.81. The van der Waals surface area contributed by atoms with Crippen molar-refractivity contribution >= 4 is 11.7 Å². The molecule has 1 amide bonds. The molecule has 1 unspecified atom stereocenters. The number of aromatic nitrogens is 1. The summed E-state index contributed by atoms with van der Waals surface area (Å²) in [4.78, 5) is 28.0. The first-order valence-electron chi connectivity index (χ1n) is 6.81. The summed E-state index contributed by atoms with van der Waals surface area (Å²) in [5.41, 5.74) is 0.755. The fourth-order valence-corrected chi connectivity index (χ4v) is 3.11. The number of carbonyl (C=O) groups excluding carboxylic acids is 2. The van der Waals surface area contributed by atoms with Gasteiger partial charge >= 0.3 is 0 Å². The summed E-state index contributed by atoms with van der Waals surface area (Å²) in [6.07, 6.45) is 3.50. The van der Waals surface area contributed by atoms with Gasteiger partial charge in [0.15, 0.2) is 5.78 Å². The molecule has 1 atom stereocenters. The van der Waals surface area contributed by atoms with Crippen molar-refractivity contribution in [1.82, 2.24) is 14.4 Å². The van der Waals surface area contributed by atoms with Crippen molar-refractivity contribution in [3.63, 3.8) is 0 Å². The lowest BCUT2D eigenvalue weighted by Gasteiger charge is -2.37. The van der Waals surface area contributed by atoms with Crippen LogP contribution in [-0.2, 0) is 11.8 Å². The van der Waals surface area contributed by atoms with Crippen LogP contribution in [0, 0.1) is 0 Å². The molecule has 19 heavy (non-hydrogen) atoms. The van der Waals surface area contributed by atoms with Crippen LogP contribution < -0.4 is 0 Å². The van der Waals surface area contributed by atoms with E-state index in [0.29, 0.717) is 19.0 Å². The zero-order chi connectivity index (χ0) is 13.4. The van der Waals surface area contributed by atoms with E-state index in [4.69, 9.17) is 0 Å². The number of carbonyl (C=O) groups is 2. The standard InChI is InChI=1S/C14H19N3O2/c1-15-6-2-3-12(15)13(18)10-16-7-8-17-11(9-16)4-5-14(17)19/h2-3,6,11H,4-5,7-10H2,1H3. The van der Waals surface area contributed by atoms with Crippen molar-refractivity contribution in [2.45, 2.75) is 18.9 Å². The molecule has 1 aromatic heterocycles. The van der Waals surface area contributed by atoms with Crippen LogP contribution in [0.4, 0.5) is 0 Å². The van der Waals surface area contributed by atoms with Crippen molar-refractivity contribution in [2.75, 3.05) is 26.2 Å². The Morgan fingerprint density at radius 1 is 1.42 bits per heavy atom. The maximum absolute atomic E-state index is 12.2. The van der Waals surface area contributed by atoms with Crippen molar-refractivity contribution in [1.29, 1.82) is 0 Å². The van der Waals surface area contributed by atoms with E-state index in [-0.39, 0.29) is 11.7 Å². The summed E-state index contributed by atoms with van der Waals surface area (Å²) in [5, 5.41) is 0. The topological polar surface area (TPSA) is 45.6 Å². The predicted molar refractivity (Wildman–Crippen MR) is 70.9 cm³/mol. The summed E-state index contributed by atoms with van der Waals surface area (Å²) in [6, 6.07) is 4.07. The van der Waals surface area contributed by atoms with Gasteiger partial charge in [0, 0.05) is 45.3 Å².